The molecule has 0 aliphatic heterocycles. The average Bonchev–Trinajstić information content (AvgIpc) is 1.95. The van der Waals surface area contributed by atoms with Gasteiger partial charge in [-0.15, -0.1) is 0 Å². The lowest BCUT2D eigenvalue weighted by molar-refractivity contribution is 1.21. The lowest BCUT2D eigenvalue weighted by atomic mass is 10.3. The van der Waals surface area contributed by atoms with Crippen molar-refractivity contribution in [2.75, 3.05) is 0 Å². The predicted octanol–water partition coefficient (Wildman–Crippen LogP) is 2.02. The fourth-order valence-corrected chi connectivity index (χ4v) is 0.880. The standard InChI is InChI=1S/C7H5BrN2/c1-5-4-10-6(3-9)2-7(5)8/h2,4H,1H3. The molecule has 1 rings (SSSR count). The minimum Gasteiger partial charge on any atom is -0.245 e. The zero-order chi connectivity index (χ0) is 7.56. The Morgan fingerprint density at radius 1 is 1.70 bits per heavy atom. The zero-order valence-corrected chi connectivity index (χ0v) is 7.01. The van der Waals surface area contributed by atoms with Crippen molar-refractivity contribution >= 4 is 15.9 Å². The molecule has 0 aliphatic carbocycles. The number of hydrogen-bond acceptors (Lipinski definition) is 2. The lowest BCUT2D eigenvalue weighted by Gasteiger charge is -1.94. The van der Waals surface area contributed by atoms with Gasteiger partial charge in [0.2, 0.25) is 0 Å². The third-order valence-corrected chi connectivity index (χ3v) is 2.01. The van der Waals surface area contributed by atoms with Crippen LogP contribution in [0.15, 0.2) is 16.7 Å². The van der Waals surface area contributed by atoms with Crippen molar-refractivity contribution in [1.29, 1.82) is 5.26 Å². The van der Waals surface area contributed by atoms with Crippen LogP contribution in [0.25, 0.3) is 0 Å². The van der Waals surface area contributed by atoms with Gasteiger partial charge in [-0.2, -0.15) is 5.26 Å². The van der Waals surface area contributed by atoms with Crippen LogP contribution in [0.4, 0.5) is 0 Å². The summed E-state index contributed by atoms with van der Waals surface area (Å²) in [4.78, 5) is 3.87. The van der Waals surface area contributed by atoms with Crippen LogP contribution in [0.5, 0.6) is 0 Å². The van der Waals surface area contributed by atoms with Gasteiger partial charge in [0.25, 0.3) is 0 Å². The van der Waals surface area contributed by atoms with Crippen molar-refractivity contribution in [3.05, 3.63) is 28.0 Å². The monoisotopic (exact) mass is 196 g/mol. The summed E-state index contributed by atoms with van der Waals surface area (Å²) in [6.45, 7) is 1.93. The molecule has 2 nitrogen and oxygen atoms in total. The Labute approximate surface area is 67.6 Å². The van der Waals surface area contributed by atoms with Gasteiger partial charge in [0.05, 0.1) is 0 Å². The first kappa shape index (κ1) is 7.23. The summed E-state index contributed by atoms with van der Waals surface area (Å²) in [7, 11) is 0. The molecule has 0 N–H and O–H groups in total. The quantitative estimate of drug-likeness (QED) is 0.637. The summed E-state index contributed by atoms with van der Waals surface area (Å²) >= 11 is 3.30. The molecule has 0 radical (unpaired) electrons. The van der Waals surface area contributed by atoms with E-state index < -0.39 is 0 Å². The van der Waals surface area contributed by atoms with Gasteiger partial charge in [-0.1, -0.05) is 15.9 Å². The fraction of sp³-hybridized carbons (Fsp3) is 0.143. The number of pyridine rings is 1. The second kappa shape index (κ2) is 2.80. The third kappa shape index (κ3) is 1.34. The molecular weight excluding hydrogens is 192 g/mol. The van der Waals surface area contributed by atoms with Gasteiger partial charge < -0.3 is 0 Å². The van der Waals surface area contributed by atoms with Gasteiger partial charge in [0.1, 0.15) is 11.8 Å². The first-order valence-electron chi connectivity index (χ1n) is 2.76. The van der Waals surface area contributed by atoms with Crippen molar-refractivity contribution in [3.8, 4) is 6.07 Å². The highest BCUT2D eigenvalue weighted by Crippen LogP contribution is 2.14. The number of aromatic nitrogens is 1. The topological polar surface area (TPSA) is 36.7 Å². The normalized spacial score (nSPS) is 8.90. The molecule has 10 heavy (non-hydrogen) atoms. The maximum absolute atomic E-state index is 8.42. The highest BCUT2D eigenvalue weighted by Gasteiger charge is 1.95. The highest BCUT2D eigenvalue weighted by molar-refractivity contribution is 9.10. The number of nitriles is 1. The first-order valence-corrected chi connectivity index (χ1v) is 3.55. The van der Waals surface area contributed by atoms with E-state index in [0.29, 0.717) is 5.69 Å². The molecule has 0 fully saturated rings. The van der Waals surface area contributed by atoms with Crippen LogP contribution >= 0.6 is 15.9 Å². The van der Waals surface area contributed by atoms with E-state index in [4.69, 9.17) is 5.26 Å². The van der Waals surface area contributed by atoms with E-state index in [2.05, 4.69) is 20.9 Å². The molecular formula is C7H5BrN2. The summed E-state index contributed by atoms with van der Waals surface area (Å²) in [6.07, 6.45) is 1.67. The van der Waals surface area contributed by atoms with E-state index in [9.17, 15) is 0 Å². The molecule has 0 aliphatic rings. The number of aryl methyl sites for hydroxylation is 1. The predicted molar refractivity (Wildman–Crippen MR) is 41.4 cm³/mol. The van der Waals surface area contributed by atoms with Crippen LogP contribution in [0.3, 0.4) is 0 Å². The Bertz CT molecular complexity index is 288. The largest absolute Gasteiger partial charge is 0.245 e. The molecule has 1 aromatic rings. The second-order valence-corrected chi connectivity index (χ2v) is 2.78. The van der Waals surface area contributed by atoms with E-state index in [0.717, 1.165) is 10.0 Å². The second-order valence-electron chi connectivity index (χ2n) is 1.93. The van der Waals surface area contributed by atoms with E-state index >= 15 is 0 Å². The van der Waals surface area contributed by atoms with Crippen LogP contribution in [-0.2, 0) is 0 Å². The van der Waals surface area contributed by atoms with Crippen LogP contribution in [0.2, 0.25) is 0 Å². The van der Waals surface area contributed by atoms with Gasteiger partial charge in [-0.3, -0.25) is 0 Å². The molecule has 0 spiro atoms. The van der Waals surface area contributed by atoms with Crippen molar-refractivity contribution in [2.24, 2.45) is 0 Å². The molecule has 0 amide bonds. The lowest BCUT2D eigenvalue weighted by Crippen LogP contribution is -1.83. The summed E-state index contributed by atoms with van der Waals surface area (Å²) in [6, 6.07) is 3.66. The van der Waals surface area contributed by atoms with Gasteiger partial charge in [-0.25, -0.2) is 4.98 Å². The van der Waals surface area contributed by atoms with Crippen LogP contribution < -0.4 is 0 Å². The molecule has 1 heterocycles. The van der Waals surface area contributed by atoms with E-state index in [1.165, 1.54) is 0 Å². The average molecular weight is 197 g/mol. The Morgan fingerprint density at radius 2 is 2.40 bits per heavy atom. The summed E-state index contributed by atoms with van der Waals surface area (Å²) in [5.41, 5.74) is 1.48. The maximum Gasteiger partial charge on any atom is 0.141 e. The Hall–Kier alpha value is -0.880. The minimum atomic E-state index is 0.442. The van der Waals surface area contributed by atoms with Crippen molar-refractivity contribution < 1.29 is 0 Å². The van der Waals surface area contributed by atoms with E-state index in [1.807, 2.05) is 13.0 Å². The Balaban J connectivity index is 3.20. The number of nitrogens with zero attached hydrogens (tertiary/aromatic N) is 2. The van der Waals surface area contributed by atoms with E-state index in [-0.39, 0.29) is 0 Å². The number of rotatable bonds is 0. The maximum atomic E-state index is 8.42. The first-order chi connectivity index (χ1) is 4.74. The van der Waals surface area contributed by atoms with Crippen molar-refractivity contribution in [1.82, 2.24) is 4.98 Å². The summed E-state index contributed by atoms with van der Waals surface area (Å²) < 4.78 is 0.930. The molecule has 0 saturated carbocycles. The molecule has 0 unspecified atom stereocenters. The van der Waals surface area contributed by atoms with Gasteiger partial charge >= 0.3 is 0 Å². The van der Waals surface area contributed by atoms with Crippen molar-refractivity contribution in [3.63, 3.8) is 0 Å². The molecule has 0 atom stereocenters. The molecule has 0 saturated heterocycles. The molecule has 1 aromatic heterocycles. The Kier molecular flexibility index (Phi) is 2.03. The zero-order valence-electron chi connectivity index (χ0n) is 5.43. The summed E-state index contributed by atoms with van der Waals surface area (Å²) in [5.74, 6) is 0. The van der Waals surface area contributed by atoms with Gasteiger partial charge in [-0.05, 0) is 18.6 Å². The van der Waals surface area contributed by atoms with Gasteiger partial charge in [0, 0.05) is 10.7 Å². The third-order valence-electron chi connectivity index (χ3n) is 1.15. The molecule has 0 aromatic carbocycles. The fourth-order valence-electron chi connectivity index (χ4n) is 0.560. The Morgan fingerprint density at radius 3 is 2.90 bits per heavy atom. The molecule has 0 bridgehead atoms. The SMILES string of the molecule is Cc1cnc(C#N)cc1Br. The minimum absolute atomic E-state index is 0.442. The van der Waals surface area contributed by atoms with Gasteiger partial charge in [0.15, 0.2) is 0 Å². The van der Waals surface area contributed by atoms with Crippen LogP contribution in [0.1, 0.15) is 11.3 Å². The molecule has 3 heteroatoms. The smallest absolute Gasteiger partial charge is 0.141 e. The van der Waals surface area contributed by atoms with Crippen LogP contribution in [0, 0.1) is 18.3 Å². The van der Waals surface area contributed by atoms with Crippen LogP contribution in [-0.4, -0.2) is 4.98 Å². The molecule has 50 valence electrons. The number of hydrogen-bond donors (Lipinski definition) is 0. The highest BCUT2D eigenvalue weighted by atomic mass is 79.9. The van der Waals surface area contributed by atoms with Crippen molar-refractivity contribution in [2.45, 2.75) is 6.92 Å². The summed E-state index contributed by atoms with van der Waals surface area (Å²) in [5, 5.41) is 8.42. The number of halogens is 1. The van der Waals surface area contributed by atoms with E-state index in [1.54, 1.807) is 12.3 Å².